The van der Waals surface area contributed by atoms with Crippen LogP contribution in [-0.4, -0.2) is 30.9 Å². The summed E-state index contributed by atoms with van der Waals surface area (Å²) < 4.78 is 0. The molecule has 3 aromatic rings. The number of benzene rings is 3. The van der Waals surface area contributed by atoms with Crippen molar-refractivity contribution in [2.24, 2.45) is 5.92 Å². The first-order valence-electron chi connectivity index (χ1n) is 11.1. The van der Waals surface area contributed by atoms with E-state index in [4.69, 9.17) is 41.4 Å². The van der Waals surface area contributed by atoms with Crippen molar-refractivity contribution in [2.45, 2.75) is 18.9 Å². The Morgan fingerprint density at radius 1 is 1.00 bits per heavy atom. The normalized spacial score (nSPS) is 17.8. The predicted octanol–water partition coefficient (Wildman–Crippen LogP) is 7.93. The molecule has 3 aromatic carbocycles. The first kappa shape index (κ1) is 24.4. The molecule has 2 atom stereocenters. The third-order valence-electron chi connectivity index (χ3n) is 6.28. The van der Waals surface area contributed by atoms with E-state index in [0.29, 0.717) is 32.9 Å². The van der Waals surface area contributed by atoms with Gasteiger partial charge in [0.05, 0.1) is 12.6 Å². The van der Waals surface area contributed by atoms with Crippen LogP contribution < -0.4 is 4.90 Å². The standard InChI is InChI=1S/C27H24Cl3N3O/c1-31-22-9-4-19(5-10-22)27(34)32(2)16-18-3-14-26(24-13-8-21(29)15-25(24)30)33(17-18)23-11-6-20(28)7-12-23/h4-13,15,18,26H,3,14,16-17H2,2H3/t18-,26-/m0/s1. The van der Waals surface area contributed by atoms with Gasteiger partial charge < -0.3 is 9.80 Å². The van der Waals surface area contributed by atoms with Gasteiger partial charge in [0.25, 0.3) is 5.91 Å². The average molecular weight is 513 g/mol. The summed E-state index contributed by atoms with van der Waals surface area (Å²) in [5, 5.41) is 1.96. The molecule has 0 aliphatic carbocycles. The fourth-order valence-electron chi connectivity index (χ4n) is 4.58. The molecule has 1 fully saturated rings. The van der Waals surface area contributed by atoms with Crippen LogP contribution in [0.15, 0.2) is 66.7 Å². The van der Waals surface area contributed by atoms with Crippen molar-refractivity contribution >= 4 is 52.1 Å². The van der Waals surface area contributed by atoms with Crippen LogP contribution in [0.1, 0.15) is 34.8 Å². The molecule has 0 saturated carbocycles. The zero-order chi connectivity index (χ0) is 24.2. The van der Waals surface area contributed by atoms with E-state index in [-0.39, 0.29) is 17.9 Å². The number of rotatable bonds is 5. The van der Waals surface area contributed by atoms with Crippen LogP contribution in [0.5, 0.6) is 0 Å². The van der Waals surface area contributed by atoms with Crippen LogP contribution in [0.4, 0.5) is 11.4 Å². The monoisotopic (exact) mass is 511 g/mol. The number of hydrogen-bond donors (Lipinski definition) is 0. The Labute approximate surface area is 215 Å². The molecule has 0 N–H and O–H groups in total. The van der Waals surface area contributed by atoms with E-state index in [1.807, 2.05) is 43.4 Å². The Bertz CT molecular complexity index is 1210. The van der Waals surface area contributed by atoms with Gasteiger partial charge in [-0.15, -0.1) is 0 Å². The van der Waals surface area contributed by atoms with Gasteiger partial charge >= 0.3 is 0 Å². The van der Waals surface area contributed by atoms with E-state index in [2.05, 4.69) is 9.74 Å². The highest BCUT2D eigenvalue weighted by molar-refractivity contribution is 6.35. The minimum atomic E-state index is -0.0440. The molecular formula is C27H24Cl3N3O. The topological polar surface area (TPSA) is 27.9 Å². The van der Waals surface area contributed by atoms with E-state index in [9.17, 15) is 4.79 Å². The zero-order valence-corrected chi connectivity index (χ0v) is 21.0. The number of anilines is 1. The minimum Gasteiger partial charge on any atom is -0.364 e. The van der Waals surface area contributed by atoms with E-state index < -0.39 is 0 Å². The third kappa shape index (κ3) is 5.50. The molecule has 0 unspecified atom stereocenters. The van der Waals surface area contributed by atoms with Crippen molar-refractivity contribution < 1.29 is 4.79 Å². The Kier molecular flexibility index (Phi) is 7.68. The highest BCUT2D eigenvalue weighted by Crippen LogP contribution is 2.40. The lowest BCUT2D eigenvalue weighted by Crippen LogP contribution is -2.43. The van der Waals surface area contributed by atoms with E-state index in [0.717, 1.165) is 30.6 Å². The van der Waals surface area contributed by atoms with Crippen LogP contribution >= 0.6 is 34.8 Å². The number of hydrogen-bond acceptors (Lipinski definition) is 2. The smallest absolute Gasteiger partial charge is 0.253 e. The Morgan fingerprint density at radius 2 is 1.68 bits per heavy atom. The van der Waals surface area contributed by atoms with Gasteiger partial charge in [0.2, 0.25) is 0 Å². The molecule has 174 valence electrons. The summed E-state index contributed by atoms with van der Waals surface area (Å²) in [7, 11) is 1.83. The second-order valence-electron chi connectivity index (χ2n) is 8.60. The lowest BCUT2D eigenvalue weighted by atomic mass is 9.88. The maximum absolute atomic E-state index is 13.0. The van der Waals surface area contributed by atoms with Gasteiger partial charge in [0, 0.05) is 46.5 Å². The zero-order valence-electron chi connectivity index (χ0n) is 18.7. The van der Waals surface area contributed by atoms with Gasteiger partial charge in [-0.05, 0) is 60.7 Å². The first-order chi connectivity index (χ1) is 16.4. The van der Waals surface area contributed by atoms with E-state index >= 15 is 0 Å². The summed E-state index contributed by atoms with van der Waals surface area (Å²) in [6, 6.07) is 20.4. The molecular weight excluding hydrogens is 489 g/mol. The summed E-state index contributed by atoms with van der Waals surface area (Å²) in [6.45, 7) is 8.49. The summed E-state index contributed by atoms with van der Waals surface area (Å²) in [5.41, 5.74) is 3.22. The predicted molar refractivity (Wildman–Crippen MR) is 140 cm³/mol. The largest absolute Gasteiger partial charge is 0.364 e. The van der Waals surface area contributed by atoms with E-state index in [1.54, 1.807) is 35.2 Å². The molecule has 0 spiro atoms. The average Bonchev–Trinajstić information content (AvgIpc) is 2.84. The molecule has 0 aromatic heterocycles. The minimum absolute atomic E-state index is 0.0440. The third-order valence-corrected chi connectivity index (χ3v) is 7.10. The quantitative estimate of drug-likeness (QED) is 0.325. The lowest BCUT2D eigenvalue weighted by molar-refractivity contribution is 0.0765. The summed E-state index contributed by atoms with van der Waals surface area (Å²) in [6.07, 6.45) is 1.86. The van der Waals surface area contributed by atoms with Crippen molar-refractivity contribution in [1.29, 1.82) is 0 Å². The van der Waals surface area contributed by atoms with Gasteiger partial charge in [-0.25, -0.2) is 4.85 Å². The summed E-state index contributed by atoms with van der Waals surface area (Å²) in [4.78, 5) is 20.5. The number of piperidine rings is 1. The van der Waals surface area contributed by atoms with Crippen LogP contribution in [-0.2, 0) is 0 Å². The number of halogens is 3. The van der Waals surface area contributed by atoms with Crippen molar-refractivity contribution in [2.75, 3.05) is 25.0 Å². The maximum atomic E-state index is 13.0. The molecule has 34 heavy (non-hydrogen) atoms. The van der Waals surface area contributed by atoms with Crippen molar-refractivity contribution in [3.05, 3.63) is 104 Å². The molecule has 7 heteroatoms. The number of carbonyl (C=O) groups excluding carboxylic acids is 1. The molecule has 1 amide bonds. The van der Waals surface area contributed by atoms with Gasteiger partial charge in [0.15, 0.2) is 5.69 Å². The fraction of sp³-hybridized carbons (Fsp3) is 0.259. The fourth-order valence-corrected chi connectivity index (χ4v) is 5.24. The summed E-state index contributed by atoms with van der Waals surface area (Å²) >= 11 is 18.9. The second-order valence-corrected chi connectivity index (χ2v) is 9.88. The molecule has 0 bridgehead atoms. The van der Waals surface area contributed by atoms with E-state index in [1.165, 1.54) is 0 Å². The maximum Gasteiger partial charge on any atom is 0.253 e. The van der Waals surface area contributed by atoms with Crippen molar-refractivity contribution in [3.63, 3.8) is 0 Å². The van der Waals surface area contributed by atoms with Crippen LogP contribution in [0.3, 0.4) is 0 Å². The Hall–Kier alpha value is -2.71. The number of amides is 1. The van der Waals surface area contributed by atoms with Crippen LogP contribution in [0.25, 0.3) is 4.85 Å². The van der Waals surface area contributed by atoms with Gasteiger partial charge in [-0.3, -0.25) is 4.79 Å². The number of nitrogens with zero attached hydrogens (tertiary/aromatic N) is 3. The molecule has 1 aliphatic rings. The Morgan fingerprint density at radius 3 is 2.32 bits per heavy atom. The van der Waals surface area contributed by atoms with Crippen molar-refractivity contribution in [1.82, 2.24) is 4.90 Å². The molecule has 1 saturated heterocycles. The highest BCUT2D eigenvalue weighted by atomic mass is 35.5. The summed E-state index contributed by atoms with van der Waals surface area (Å²) in [5.74, 6) is 0.243. The molecule has 1 heterocycles. The van der Waals surface area contributed by atoms with Gasteiger partial charge in [-0.2, -0.15) is 0 Å². The SMILES string of the molecule is [C-]#[N+]c1ccc(C(=O)N(C)C[C@@H]2CC[C@@H](c3ccc(Cl)cc3Cl)N(c3ccc(Cl)cc3)C2)cc1. The molecule has 0 radical (unpaired) electrons. The molecule has 1 aliphatic heterocycles. The molecule has 4 rings (SSSR count). The van der Waals surface area contributed by atoms with Crippen LogP contribution in [0.2, 0.25) is 15.1 Å². The van der Waals surface area contributed by atoms with Crippen LogP contribution in [0, 0.1) is 12.5 Å². The number of carbonyl (C=O) groups is 1. The second kappa shape index (κ2) is 10.7. The Balaban J connectivity index is 1.54. The highest BCUT2D eigenvalue weighted by Gasteiger charge is 2.32. The lowest BCUT2D eigenvalue weighted by Gasteiger charge is -2.43. The van der Waals surface area contributed by atoms with Gasteiger partial charge in [0.1, 0.15) is 0 Å². The van der Waals surface area contributed by atoms with Gasteiger partial charge in [-0.1, -0.05) is 65.1 Å². The molecule has 4 nitrogen and oxygen atoms in total. The van der Waals surface area contributed by atoms with Crippen molar-refractivity contribution in [3.8, 4) is 0 Å². The first-order valence-corrected chi connectivity index (χ1v) is 12.2.